The van der Waals surface area contributed by atoms with Crippen LogP contribution in [0.5, 0.6) is 0 Å². The van der Waals surface area contributed by atoms with Crippen molar-refractivity contribution in [2.75, 3.05) is 5.32 Å². The number of rotatable bonds is 4. The third-order valence-electron chi connectivity index (χ3n) is 3.77. The third-order valence-corrected chi connectivity index (χ3v) is 5.08. The third kappa shape index (κ3) is 4.50. The molecule has 2 amide bonds. The van der Waals surface area contributed by atoms with Gasteiger partial charge in [0, 0.05) is 16.7 Å². The molecule has 2 aromatic heterocycles. The van der Waals surface area contributed by atoms with Crippen LogP contribution in [0.2, 0.25) is 5.02 Å². The van der Waals surface area contributed by atoms with Crippen LogP contribution in [0.15, 0.2) is 45.6 Å². The maximum atomic E-state index is 13.1. The molecular formula is C17H9Br2ClF3N5O2. The number of carbonyl (C=O) groups excluding carboxylic acids is 2. The Morgan fingerprint density at radius 1 is 1.20 bits per heavy atom. The molecule has 0 saturated heterocycles. The normalized spacial score (nSPS) is 11.4. The maximum absolute atomic E-state index is 13.1. The monoisotopic (exact) mass is 565 g/mol. The van der Waals surface area contributed by atoms with Crippen molar-refractivity contribution in [2.45, 2.75) is 6.18 Å². The molecule has 30 heavy (non-hydrogen) atoms. The van der Waals surface area contributed by atoms with Crippen LogP contribution in [-0.2, 0) is 6.18 Å². The molecule has 0 saturated carbocycles. The second-order valence-electron chi connectivity index (χ2n) is 5.77. The zero-order valence-corrected chi connectivity index (χ0v) is 18.4. The standard InChI is InChI=1S/C17H9Br2ClF3N5O2/c18-9-5-7(17(21,22)23)4-8(14(24)29)13(9)26-16(30)11-6-12(19)27-28(11)15-10(20)2-1-3-25-15/h1-6H,(H2,24,29)(H,26,30). The number of benzene rings is 1. The van der Waals surface area contributed by atoms with Gasteiger partial charge in [0.15, 0.2) is 5.82 Å². The zero-order chi connectivity index (χ0) is 22.2. The minimum Gasteiger partial charge on any atom is -0.366 e. The van der Waals surface area contributed by atoms with Crippen LogP contribution in [0.3, 0.4) is 0 Å². The smallest absolute Gasteiger partial charge is 0.366 e. The van der Waals surface area contributed by atoms with E-state index in [1.54, 1.807) is 12.1 Å². The molecule has 2 heterocycles. The van der Waals surface area contributed by atoms with Crippen molar-refractivity contribution in [1.82, 2.24) is 14.8 Å². The Bertz CT molecular complexity index is 1170. The van der Waals surface area contributed by atoms with Gasteiger partial charge in [-0.15, -0.1) is 0 Å². The highest BCUT2D eigenvalue weighted by atomic mass is 79.9. The molecule has 3 aromatic rings. The minimum atomic E-state index is -4.71. The summed E-state index contributed by atoms with van der Waals surface area (Å²) >= 11 is 12.2. The first-order valence-electron chi connectivity index (χ1n) is 7.87. The molecule has 3 N–H and O–H groups in total. The molecule has 0 bridgehead atoms. The number of nitrogens with one attached hydrogen (secondary N) is 1. The molecular weight excluding hydrogens is 558 g/mol. The van der Waals surface area contributed by atoms with E-state index in [4.69, 9.17) is 17.3 Å². The molecule has 0 radical (unpaired) electrons. The predicted octanol–water partition coefficient (Wildman–Crippen LogP) is 4.82. The topological polar surface area (TPSA) is 103 Å². The van der Waals surface area contributed by atoms with E-state index in [1.165, 1.54) is 12.3 Å². The number of alkyl halides is 3. The van der Waals surface area contributed by atoms with Crippen molar-refractivity contribution in [1.29, 1.82) is 0 Å². The van der Waals surface area contributed by atoms with E-state index in [-0.39, 0.29) is 31.3 Å². The lowest BCUT2D eigenvalue weighted by Crippen LogP contribution is -2.22. The van der Waals surface area contributed by atoms with Crippen LogP contribution in [-0.4, -0.2) is 26.6 Å². The summed E-state index contributed by atoms with van der Waals surface area (Å²) in [6.07, 6.45) is -3.27. The minimum absolute atomic E-state index is 0.0512. The zero-order valence-electron chi connectivity index (χ0n) is 14.5. The molecule has 3 rings (SSSR count). The molecule has 156 valence electrons. The molecule has 0 aliphatic rings. The van der Waals surface area contributed by atoms with E-state index < -0.39 is 29.1 Å². The van der Waals surface area contributed by atoms with E-state index >= 15 is 0 Å². The maximum Gasteiger partial charge on any atom is 0.416 e. The Morgan fingerprint density at radius 2 is 1.90 bits per heavy atom. The fraction of sp³-hybridized carbons (Fsp3) is 0.0588. The van der Waals surface area contributed by atoms with Crippen LogP contribution < -0.4 is 11.1 Å². The van der Waals surface area contributed by atoms with Crippen LogP contribution in [0, 0.1) is 0 Å². The summed E-state index contributed by atoms with van der Waals surface area (Å²) in [7, 11) is 0. The van der Waals surface area contributed by atoms with Gasteiger partial charge in [-0.3, -0.25) is 9.59 Å². The fourth-order valence-corrected chi connectivity index (χ4v) is 3.61. The van der Waals surface area contributed by atoms with Gasteiger partial charge in [0.2, 0.25) is 0 Å². The molecule has 1 aromatic carbocycles. The summed E-state index contributed by atoms with van der Waals surface area (Å²) < 4.78 is 40.4. The number of amides is 2. The number of hydrogen-bond acceptors (Lipinski definition) is 4. The lowest BCUT2D eigenvalue weighted by atomic mass is 10.1. The van der Waals surface area contributed by atoms with Gasteiger partial charge in [-0.25, -0.2) is 9.67 Å². The Balaban J connectivity index is 2.06. The van der Waals surface area contributed by atoms with E-state index in [0.29, 0.717) is 6.07 Å². The van der Waals surface area contributed by atoms with E-state index in [9.17, 15) is 22.8 Å². The fourth-order valence-electron chi connectivity index (χ4n) is 2.48. The predicted molar refractivity (Wildman–Crippen MR) is 110 cm³/mol. The lowest BCUT2D eigenvalue weighted by molar-refractivity contribution is -0.137. The Morgan fingerprint density at radius 3 is 2.50 bits per heavy atom. The van der Waals surface area contributed by atoms with Crippen molar-refractivity contribution >= 4 is 61.0 Å². The van der Waals surface area contributed by atoms with Gasteiger partial charge in [-0.1, -0.05) is 11.6 Å². The van der Waals surface area contributed by atoms with Gasteiger partial charge in [-0.2, -0.15) is 18.3 Å². The summed E-state index contributed by atoms with van der Waals surface area (Å²) in [6.45, 7) is 0. The lowest BCUT2D eigenvalue weighted by Gasteiger charge is -2.15. The molecule has 7 nitrogen and oxygen atoms in total. The molecule has 0 atom stereocenters. The van der Waals surface area contributed by atoms with Crippen LogP contribution in [0.4, 0.5) is 18.9 Å². The van der Waals surface area contributed by atoms with Crippen LogP contribution in [0.25, 0.3) is 5.82 Å². The van der Waals surface area contributed by atoms with Crippen molar-refractivity contribution in [2.24, 2.45) is 5.73 Å². The molecule has 0 unspecified atom stereocenters. The second kappa shape index (κ2) is 8.36. The largest absolute Gasteiger partial charge is 0.416 e. The quantitative estimate of drug-likeness (QED) is 0.472. The van der Waals surface area contributed by atoms with Crippen molar-refractivity contribution in [3.63, 3.8) is 0 Å². The van der Waals surface area contributed by atoms with Crippen molar-refractivity contribution in [3.8, 4) is 5.82 Å². The van der Waals surface area contributed by atoms with Crippen LogP contribution >= 0.6 is 43.5 Å². The van der Waals surface area contributed by atoms with Gasteiger partial charge in [0.25, 0.3) is 11.8 Å². The van der Waals surface area contributed by atoms with Crippen molar-refractivity contribution in [3.05, 3.63) is 67.4 Å². The molecule has 0 spiro atoms. The first-order valence-corrected chi connectivity index (χ1v) is 9.83. The molecule has 13 heteroatoms. The van der Waals surface area contributed by atoms with Gasteiger partial charge in [0.05, 0.1) is 21.8 Å². The van der Waals surface area contributed by atoms with Gasteiger partial charge in [-0.05, 0) is 56.1 Å². The number of hydrogen-bond donors (Lipinski definition) is 2. The van der Waals surface area contributed by atoms with Crippen molar-refractivity contribution < 1.29 is 22.8 Å². The Hall–Kier alpha value is -2.44. The number of nitrogens with two attached hydrogens (primary N) is 1. The highest BCUT2D eigenvalue weighted by molar-refractivity contribution is 9.10. The first kappa shape index (κ1) is 22.2. The highest BCUT2D eigenvalue weighted by Gasteiger charge is 2.33. The second-order valence-corrected chi connectivity index (χ2v) is 7.84. The molecule has 0 aliphatic carbocycles. The number of halogens is 6. The number of aromatic nitrogens is 3. The molecule has 0 aliphatic heterocycles. The number of carbonyl (C=O) groups is 2. The number of anilines is 1. The van der Waals surface area contributed by atoms with Gasteiger partial charge in [0.1, 0.15) is 10.3 Å². The van der Waals surface area contributed by atoms with Crippen LogP contribution in [0.1, 0.15) is 26.4 Å². The van der Waals surface area contributed by atoms with Gasteiger partial charge >= 0.3 is 6.18 Å². The SMILES string of the molecule is NC(=O)c1cc(C(F)(F)F)cc(Br)c1NC(=O)c1cc(Br)nn1-c1ncccc1Cl. The van der Waals surface area contributed by atoms with Gasteiger partial charge < -0.3 is 11.1 Å². The summed E-state index contributed by atoms with van der Waals surface area (Å²) in [6, 6.07) is 5.76. The highest BCUT2D eigenvalue weighted by Crippen LogP contribution is 2.36. The summed E-state index contributed by atoms with van der Waals surface area (Å²) in [5.41, 5.74) is 3.32. The number of primary amides is 1. The average molecular weight is 568 g/mol. The summed E-state index contributed by atoms with van der Waals surface area (Å²) in [4.78, 5) is 28.7. The van der Waals surface area contributed by atoms with E-state index in [1.807, 2.05) is 0 Å². The first-order chi connectivity index (χ1) is 14.0. The number of pyridine rings is 1. The Kier molecular flexibility index (Phi) is 6.20. The number of nitrogens with zero attached hydrogens (tertiary/aromatic N) is 3. The average Bonchev–Trinajstić information content (AvgIpc) is 3.04. The summed E-state index contributed by atoms with van der Waals surface area (Å²) in [5, 5.41) is 6.70. The van der Waals surface area contributed by atoms with E-state index in [2.05, 4.69) is 47.3 Å². The van der Waals surface area contributed by atoms with E-state index in [0.717, 1.165) is 10.7 Å². The Labute approximate surface area is 188 Å². The summed E-state index contributed by atoms with van der Waals surface area (Å²) in [5.74, 6) is -1.80. The molecule has 0 fully saturated rings.